The Morgan fingerprint density at radius 1 is 0.500 bits per heavy atom. The zero-order chi connectivity index (χ0) is 41.3. The van der Waals surface area contributed by atoms with Crippen LogP contribution in [0.4, 0.5) is 11.4 Å². The molecule has 6 aliphatic rings. The summed E-state index contributed by atoms with van der Waals surface area (Å²) in [5.41, 5.74) is 11.6. The Labute approximate surface area is 354 Å². The third kappa shape index (κ3) is 10.5. The van der Waals surface area contributed by atoms with E-state index in [2.05, 4.69) is 105 Å². The summed E-state index contributed by atoms with van der Waals surface area (Å²) < 4.78 is 12.0. The fourth-order valence-corrected chi connectivity index (χ4v) is 9.98. The van der Waals surface area contributed by atoms with E-state index in [1.165, 1.54) is 96.1 Å². The summed E-state index contributed by atoms with van der Waals surface area (Å²) >= 11 is 0. The SMILES string of the molecule is O=C(O)/C=C/C(=O)O.c1ccc2c(c1)CC(NC1CCN(c3cccc4c3OCCC4)CC1)C2.c1ccc2c(c1)CC(NC1CCN(c3cccc4c3OCCC4)CC1)C2. The second-order valence-electron chi connectivity index (χ2n) is 17.0. The van der Waals surface area contributed by atoms with Crippen LogP contribution in [0.1, 0.15) is 71.9 Å². The van der Waals surface area contributed by atoms with Crippen LogP contribution in [-0.4, -0.2) is 85.7 Å². The summed E-state index contributed by atoms with van der Waals surface area (Å²) in [5.74, 6) is -0.215. The van der Waals surface area contributed by atoms with Gasteiger partial charge in [-0.15, -0.1) is 0 Å². The molecule has 4 N–H and O–H groups in total. The molecule has 60 heavy (non-hydrogen) atoms. The van der Waals surface area contributed by atoms with Crippen LogP contribution < -0.4 is 29.9 Å². The Hall–Kier alpha value is -5.32. The van der Waals surface area contributed by atoms with Gasteiger partial charge in [0, 0.05) is 62.5 Å². The van der Waals surface area contributed by atoms with E-state index >= 15 is 0 Å². The van der Waals surface area contributed by atoms with Crippen molar-refractivity contribution in [1.82, 2.24) is 10.6 Å². The first-order chi connectivity index (χ1) is 29.4. The Balaban J connectivity index is 0.000000141. The Kier molecular flexibility index (Phi) is 13.7. The van der Waals surface area contributed by atoms with Gasteiger partial charge in [0.05, 0.1) is 24.6 Å². The van der Waals surface area contributed by atoms with Gasteiger partial charge in [-0.05, 0) is 123 Å². The first kappa shape index (κ1) is 41.4. The van der Waals surface area contributed by atoms with Crippen molar-refractivity contribution in [2.45, 2.75) is 101 Å². The number of benzene rings is 4. The largest absolute Gasteiger partial charge is 0.491 e. The molecule has 4 aromatic rings. The number of ether oxygens (including phenoxy) is 2. The minimum Gasteiger partial charge on any atom is -0.491 e. The number of hydrogen-bond acceptors (Lipinski definition) is 8. The summed E-state index contributed by atoms with van der Waals surface area (Å²) in [6, 6.07) is 33.7. The van der Waals surface area contributed by atoms with Gasteiger partial charge in [-0.2, -0.15) is 0 Å². The molecule has 10 heteroatoms. The number of nitrogens with zero attached hydrogens (tertiary/aromatic N) is 2. The molecule has 2 aliphatic carbocycles. The van der Waals surface area contributed by atoms with Gasteiger partial charge in [-0.3, -0.25) is 0 Å². The highest BCUT2D eigenvalue weighted by atomic mass is 16.5. The molecule has 4 aliphatic heterocycles. The van der Waals surface area contributed by atoms with Crippen molar-refractivity contribution >= 4 is 23.3 Å². The number of carbonyl (C=O) groups is 2. The number of nitrogens with one attached hydrogen (secondary N) is 2. The van der Waals surface area contributed by atoms with E-state index in [1.807, 2.05) is 0 Å². The Morgan fingerprint density at radius 3 is 1.20 bits per heavy atom. The molecule has 316 valence electrons. The van der Waals surface area contributed by atoms with Gasteiger partial charge < -0.3 is 40.1 Å². The van der Waals surface area contributed by atoms with E-state index in [9.17, 15) is 9.59 Å². The van der Waals surface area contributed by atoms with Crippen LogP contribution in [0.3, 0.4) is 0 Å². The lowest BCUT2D eigenvalue weighted by atomic mass is 10.00. The van der Waals surface area contributed by atoms with Crippen LogP contribution in [0.25, 0.3) is 0 Å². The van der Waals surface area contributed by atoms with Crippen LogP contribution in [-0.2, 0) is 48.1 Å². The van der Waals surface area contributed by atoms with Gasteiger partial charge in [0.25, 0.3) is 0 Å². The molecule has 0 bridgehead atoms. The monoisotopic (exact) mass is 812 g/mol. The Bertz CT molecular complexity index is 1920. The van der Waals surface area contributed by atoms with Crippen molar-refractivity contribution in [3.8, 4) is 11.5 Å². The molecule has 0 saturated carbocycles. The van der Waals surface area contributed by atoms with Crippen molar-refractivity contribution in [1.29, 1.82) is 0 Å². The van der Waals surface area contributed by atoms with Crippen molar-refractivity contribution in [3.05, 3.63) is 130 Å². The lowest BCUT2D eigenvalue weighted by Gasteiger charge is -2.36. The van der Waals surface area contributed by atoms with Crippen LogP contribution >= 0.6 is 0 Å². The molecule has 0 amide bonds. The van der Waals surface area contributed by atoms with Crippen LogP contribution in [0.2, 0.25) is 0 Å². The van der Waals surface area contributed by atoms with E-state index in [0.717, 1.165) is 76.6 Å². The molecule has 0 spiro atoms. The van der Waals surface area contributed by atoms with Gasteiger partial charge in [0.2, 0.25) is 0 Å². The van der Waals surface area contributed by atoms with Gasteiger partial charge in [0.1, 0.15) is 11.5 Å². The number of rotatable bonds is 8. The summed E-state index contributed by atoms with van der Waals surface area (Å²) in [6.07, 6.45) is 15.4. The summed E-state index contributed by atoms with van der Waals surface area (Å²) in [5, 5.41) is 23.5. The molecule has 10 nitrogen and oxygen atoms in total. The molecule has 0 aromatic heterocycles. The Morgan fingerprint density at radius 2 is 0.850 bits per heavy atom. The number of anilines is 2. The number of aryl methyl sites for hydroxylation is 2. The zero-order valence-electron chi connectivity index (χ0n) is 34.7. The predicted octanol–water partition coefficient (Wildman–Crippen LogP) is 7.19. The molecular formula is C50H60N4O6. The van der Waals surface area contributed by atoms with E-state index in [4.69, 9.17) is 19.7 Å². The third-order valence-electron chi connectivity index (χ3n) is 12.9. The smallest absolute Gasteiger partial charge is 0.328 e. The van der Waals surface area contributed by atoms with Crippen molar-refractivity contribution < 1.29 is 29.3 Å². The van der Waals surface area contributed by atoms with Crippen molar-refractivity contribution in [2.24, 2.45) is 0 Å². The fourth-order valence-electron chi connectivity index (χ4n) is 9.98. The molecular weight excluding hydrogens is 753 g/mol. The number of aliphatic carboxylic acids is 2. The van der Waals surface area contributed by atoms with E-state index in [0.29, 0.717) is 36.3 Å². The van der Waals surface area contributed by atoms with E-state index in [-0.39, 0.29) is 0 Å². The maximum Gasteiger partial charge on any atom is 0.328 e. The summed E-state index contributed by atoms with van der Waals surface area (Å²) in [6.45, 7) is 6.22. The maximum absolute atomic E-state index is 9.55. The van der Waals surface area contributed by atoms with Crippen LogP contribution in [0, 0.1) is 0 Å². The average Bonchev–Trinajstić information content (AvgIpc) is 3.89. The standard InChI is InChI=1S/2C23H28N2O.C4H4O4/c2*1-2-6-19-16-21(15-18(19)5-1)24-20-10-12-25(13-11-20)22-9-3-7-17-8-4-14-26-23(17)22;5-3(6)1-2-4(7)8/h2*1-3,5-7,9,20-21,24H,4,8,10-16H2;1-2H,(H,5,6)(H,7,8)/b;;2-1+. The highest BCUT2D eigenvalue weighted by Gasteiger charge is 2.29. The molecule has 0 radical (unpaired) electrons. The number of para-hydroxylation sites is 2. The second-order valence-corrected chi connectivity index (χ2v) is 17.0. The molecule has 4 heterocycles. The van der Waals surface area contributed by atoms with E-state index in [1.54, 1.807) is 0 Å². The first-order valence-corrected chi connectivity index (χ1v) is 22.1. The maximum atomic E-state index is 9.55. The fraction of sp³-hybridized carbons (Fsp3) is 0.440. The zero-order valence-corrected chi connectivity index (χ0v) is 34.7. The van der Waals surface area contributed by atoms with Gasteiger partial charge >= 0.3 is 11.9 Å². The molecule has 2 fully saturated rings. The minimum atomic E-state index is -1.26. The second kappa shape index (κ2) is 19.8. The number of carboxylic acid groups (broad SMARTS) is 2. The average molecular weight is 813 g/mol. The topological polar surface area (TPSA) is 124 Å². The van der Waals surface area contributed by atoms with Gasteiger partial charge in [-0.25, -0.2) is 9.59 Å². The highest BCUT2D eigenvalue weighted by Crippen LogP contribution is 2.38. The number of piperidine rings is 2. The first-order valence-electron chi connectivity index (χ1n) is 22.1. The van der Waals surface area contributed by atoms with Crippen molar-refractivity contribution in [3.63, 3.8) is 0 Å². The summed E-state index contributed by atoms with van der Waals surface area (Å²) in [4.78, 5) is 24.2. The molecule has 2 saturated heterocycles. The third-order valence-corrected chi connectivity index (χ3v) is 12.9. The minimum absolute atomic E-state index is 0.558. The lowest BCUT2D eigenvalue weighted by Crippen LogP contribution is -2.46. The van der Waals surface area contributed by atoms with Crippen molar-refractivity contribution in [2.75, 3.05) is 49.2 Å². The quantitative estimate of drug-likeness (QED) is 0.136. The normalized spacial score (nSPS) is 19.1. The van der Waals surface area contributed by atoms with Gasteiger partial charge in [-0.1, -0.05) is 72.8 Å². The molecule has 0 unspecified atom stereocenters. The predicted molar refractivity (Wildman–Crippen MR) is 237 cm³/mol. The molecule has 0 atom stereocenters. The molecule has 4 aromatic carbocycles. The highest BCUT2D eigenvalue weighted by molar-refractivity contribution is 5.89. The number of carboxylic acids is 2. The van der Waals surface area contributed by atoms with Crippen LogP contribution in [0.5, 0.6) is 11.5 Å². The van der Waals surface area contributed by atoms with E-state index < -0.39 is 11.9 Å². The number of fused-ring (bicyclic) bond motifs is 4. The molecule has 10 rings (SSSR count). The number of hydrogen-bond donors (Lipinski definition) is 4. The lowest BCUT2D eigenvalue weighted by molar-refractivity contribution is -0.134. The van der Waals surface area contributed by atoms with Crippen LogP contribution in [0.15, 0.2) is 97.1 Å². The summed E-state index contributed by atoms with van der Waals surface area (Å²) in [7, 11) is 0. The van der Waals surface area contributed by atoms with Gasteiger partial charge in [0.15, 0.2) is 0 Å².